The lowest BCUT2D eigenvalue weighted by Gasteiger charge is -2.43. The quantitative estimate of drug-likeness (QED) is 0.137. The first-order valence-corrected chi connectivity index (χ1v) is 28.4. The zero-order chi connectivity index (χ0) is 49.6. The molecule has 2 aliphatic carbocycles. The van der Waals surface area contributed by atoms with Crippen LogP contribution in [-0.2, 0) is 21.7 Å². The van der Waals surface area contributed by atoms with Crippen LogP contribution in [-0.4, -0.2) is 8.07 Å². The molecule has 0 radical (unpaired) electrons. The number of hydrogen-bond donors (Lipinski definition) is 0. The Bertz CT molecular complexity index is 3480. The standard InChI is InChI=1S/C70H67NSi/c1-67(2)41-42-69(5,6)62-46-49(36-40-60(62)67)48-33-37-52(38-34-48)71(53-22-19-21-50(45-53)57-29-20-30-61-66(57)70(7,8)44-43-68(61,3)4)63-31-17-15-27-56(63)51-35-39-59-58-28-16-18-32-64(58)72(65(59)47-51,54-23-11-9-12-24-54)55-25-13-10-14-26-55/h9-40,45-47H,41-44H2,1-8H3. The van der Waals surface area contributed by atoms with E-state index < -0.39 is 8.07 Å². The molecule has 3 aliphatic rings. The Hall–Kier alpha value is -7.00. The van der Waals surface area contributed by atoms with Crippen molar-refractivity contribution < 1.29 is 0 Å². The van der Waals surface area contributed by atoms with Crippen LogP contribution >= 0.6 is 0 Å². The summed E-state index contributed by atoms with van der Waals surface area (Å²) in [6.07, 6.45) is 4.76. The van der Waals surface area contributed by atoms with E-state index in [1.165, 1.54) is 113 Å². The predicted octanol–water partition coefficient (Wildman–Crippen LogP) is 16.2. The minimum absolute atomic E-state index is 0.0620. The van der Waals surface area contributed by atoms with Crippen molar-refractivity contribution in [3.63, 3.8) is 0 Å². The molecular weight excluding hydrogens is 883 g/mol. The van der Waals surface area contributed by atoms with Gasteiger partial charge in [-0.2, -0.15) is 0 Å². The number of rotatable bonds is 8. The molecule has 0 saturated carbocycles. The molecule has 12 rings (SSSR count). The van der Waals surface area contributed by atoms with Crippen LogP contribution in [0.2, 0.25) is 0 Å². The zero-order valence-corrected chi connectivity index (χ0v) is 44.5. The SMILES string of the molecule is CC1(C)CCC(C)(C)c2cc(-c3ccc(N(c4cccc(-c5cccc6c5C(C)(C)CCC6(C)C)c4)c4ccccc4-c4ccc5c(c4)[Si](c4ccccc4)(c4ccccc4)c4ccccc4-5)cc3)ccc21. The third kappa shape index (κ3) is 7.39. The normalized spacial score (nSPS) is 17.2. The van der Waals surface area contributed by atoms with E-state index in [0.717, 1.165) is 17.1 Å². The van der Waals surface area contributed by atoms with Gasteiger partial charge in [-0.1, -0.05) is 237 Å². The molecule has 0 amide bonds. The van der Waals surface area contributed by atoms with Crippen LogP contribution in [0.5, 0.6) is 0 Å². The van der Waals surface area contributed by atoms with E-state index in [2.05, 4.69) is 273 Å². The molecule has 1 aliphatic heterocycles. The van der Waals surface area contributed by atoms with Gasteiger partial charge in [0, 0.05) is 16.9 Å². The molecule has 9 aromatic rings. The van der Waals surface area contributed by atoms with Gasteiger partial charge in [0.2, 0.25) is 0 Å². The molecule has 0 saturated heterocycles. The van der Waals surface area contributed by atoms with Crippen molar-refractivity contribution >= 4 is 45.9 Å². The van der Waals surface area contributed by atoms with Gasteiger partial charge in [-0.25, -0.2) is 0 Å². The number of anilines is 3. The lowest BCUT2D eigenvalue weighted by atomic mass is 9.61. The average molecular weight is 950 g/mol. The van der Waals surface area contributed by atoms with Gasteiger partial charge in [0.15, 0.2) is 8.07 Å². The molecule has 0 unspecified atom stereocenters. The first kappa shape index (κ1) is 46.1. The zero-order valence-electron chi connectivity index (χ0n) is 43.5. The molecule has 0 spiro atoms. The fourth-order valence-electron chi connectivity index (χ4n) is 13.3. The van der Waals surface area contributed by atoms with Gasteiger partial charge in [0.05, 0.1) is 5.69 Å². The summed E-state index contributed by atoms with van der Waals surface area (Å²) < 4.78 is 0. The van der Waals surface area contributed by atoms with Crippen molar-refractivity contribution in [3.05, 3.63) is 235 Å². The van der Waals surface area contributed by atoms with Crippen molar-refractivity contribution in [2.75, 3.05) is 4.90 Å². The molecule has 0 aromatic heterocycles. The van der Waals surface area contributed by atoms with E-state index in [1.807, 2.05) is 0 Å². The Kier molecular flexibility index (Phi) is 10.9. The highest BCUT2D eigenvalue weighted by atomic mass is 28.3. The van der Waals surface area contributed by atoms with Crippen molar-refractivity contribution in [1.29, 1.82) is 0 Å². The highest BCUT2D eigenvalue weighted by Gasteiger charge is 2.49. The van der Waals surface area contributed by atoms with Gasteiger partial charge in [-0.05, 0) is 160 Å². The van der Waals surface area contributed by atoms with Crippen LogP contribution in [0.25, 0.3) is 44.5 Å². The van der Waals surface area contributed by atoms with Crippen LogP contribution in [0.15, 0.2) is 212 Å². The third-order valence-electron chi connectivity index (χ3n) is 17.5. The number of para-hydroxylation sites is 1. The lowest BCUT2D eigenvalue weighted by Crippen LogP contribution is -2.72. The van der Waals surface area contributed by atoms with Crippen molar-refractivity contribution in [2.24, 2.45) is 0 Å². The fourth-order valence-corrected chi connectivity index (χ4v) is 18.5. The van der Waals surface area contributed by atoms with E-state index in [0.29, 0.717) is 0 Å². The van der Waals surface area contributed by atoms with Gasteiger partial charge in [-0.15, -0.1) is 0 Å². The highest BCUT2D eigenvalue weighted by Crippen LogP contribution is 2.51. The smallest absolute Gasteiger partial charge is 0.180 e. The van der Waals surface area contributed by atoms with Gasteiger partial charge in [0.25, 0.3) is 0 Å². The maximum Gasteiger partial charge on any atom is 0.180 e. The molecule has 72 heavy (non-hydrogen) atoms. The molecule has 356 valence electrons. The summed E-state index contributed by atoms with van der Waals surface area (Å²) in [7, 11) is -2.72. The van der Waals surface area contributed by atoms with E-state index in [4.69, 9.17) is 0 Å². The number of hydrogen-bond acceptors (Lipinski definition) is 1. The van der Waals surface area contributed by atoms with Crippen LogP contribution < -0.4 is 25.6 Å². The summed E-state index contributed by atoms with van der Waals surface area (Å²) in [5.74, 6) is 0. The summed E-state index contributed by atoms with van der Waals surface area (Å²) >= 11 is 0. The summed E-state index contributed by atoms with van der Waals surface area (Å²) in [6.45, 7) is 19.4. The molecule has 9 aromatic carbocycles. The summed E-state index contributed by atoms with van der Waals surface area (Å²) in [5.41, 5.74) is 20.1. The largest absolute Gasteiger partial charge is 0.310 e. The Morgan fingerprint density at radius 1 is 0.319 bits per heavy atom. The van der Waals surface area contributed by atoms with E-state index in [-0.39, 0.29) is 21.7 Å². The molecule has 0 fully saturated rings. The number of fused-ring (bicyclic) bond motifs is 5. The van der Waals surface area contributed by atoms with Crippen LogP contribution in [0, 0.1) is 0 Å². The van der Waals surface area contributed by atoms with E-state index >= 15 is 0 Å². The van der Waals surface area contributed by atoms with Gasteiger partial charge < -0.3 is 4.90 Å². The topological polar surface area (TPSA) is 3.24 Å². The molecule has 0 atom stereocenters. The molecular formula is C70H67NSi. The minimum atomic E-state index is -2.72. The second-order valence-corrected chi connectivity index (χ2v) is 27.5. The Labute approximate surface area is 430 Å². The monoisotopic (exact) mass is 950 g/mol. The maximum absolute atomic E-state index is 2.72. The van der Waals surface area contributed by atoms with Crippen LogP contribution in [0.4, 0.5) is 17.1 Å². The molecule has 1 heterocycles. The Morgan fingerprint density at radius 2 is 0.847 bits per heavy atom. The van der Waals surface area contributed by atoms with E-state index in [1.54, 1.807) is 0 Å². The fraction of sp³-hybridized carbons (Fsp3) is 0.229. The van der Waals surface area contributed by atoms with Crippen LogP contribution in [0.3, 0.4) is 0 Å². The first-order chi connectivity index (χ1) is 34.7. The number of benzene rings is 9. The van der Waals surface area contributed by atoms with Gasteiger partial charge >= 0.3 is 0 Å². The predicted molar refractivity (Wildman–Crippen MR) is 311 cm³/mol. The van der Waals surface area contributed by atoms with Crippen molar-refractivity contribution in [3.8, 4) is 44.5 Å². The molecule has 2 heteroatoms. The third-order valence-corrected chi connectivity index (χ3v) is 22.4. The molecule has 0 N–H and O–H groups in total. The van der Waals surface area contributed by atoms with Gasteiger partial charge in [0.1, 0.15) is 0 Å². The first-order valence-electron chi connectivity index (χ1n) is 26.4. The van der Waals surface area contributed by atoms with E-state index in [9.17, 15) is 0 Å². The maximum atomic E-state index is 2.57. The second kappa shape index (κ2) is 17.1. The molecule has 1 nitrogen and oxygen atoms in total. The van der Waals surface area contributed by atoms with Crippen molar-refractivity contribution in [1.82, 2.24) is 0 Å². The number of nitrogens with zero attached hydrogens (tertiary/aromatic N) is 1. The highest BCUT2D eigenvalue weighted by molar-refractivity contribution is 7.22. The van der Waals surface area contributed by atoms with Crippen molar-refractivity contribution in [2.45, 2.75) is 103 Å². The van der Waals surface area contributed by atoms with Crippen LogP contribution in [0.1, 0.15) is 103 Å². The lowest BCUT2D eigenvalue weighted by molar-refractivity contribution is 0.332. The average Bonchev–Trinajstić information content (AvgIpc) is 3.70. The summed E-state index contributed by atoms with van der Waals surface area (Å²) in [4.78, 5) is 2.52. The second-order valence-electron chi connectivity index (χ2n) is 23.8. The Balaban J connectivity index is 1.05. The summed E-state index contributed by atoms with van der Waals surface area (Å²) in [6, 6.07) is 81.5. The minimum Gasteiger partial charge on any atom is -0.310 e. The molecule has 0 bridgehead atoms. The Morgan fingerprint density at radius 3 is 1.56 bits per heavy atom. The summed E-state index contributed by atoms with van der Waals surface area (Å²) in [5, 5.41) is 5.73. The van der Waals surface area contributed by atoms with Gasteiger partial charge in [-0.3, -0.25) is 0 Å².